The highest BCUT2D eigenvalue weighted by molar-refractivity contribution is 14.1. The normalized spacial score (nSPS) is 19.4. The van der Waals surface area contributed by atoms with Crippen LogP contribution >= 0.6 is 22.6 Å². The average molecular weight is 333 g/mol. The number of ether oxygens (including phenoxy) is 2. The molecular weight excluding hydrogens is 317 g/mol. The first-order valence-corrected chi connectivity index (χ1v) is 6.66. The number of hydrogen-bond acceptors (Lipinski definition) is 3. The zero-order valence-corrected chi connectivity index (χ0v) is 11.5. The van der Waals surface area contributed by atoms with Gasteiger partial charge >= 0.3 is 0 Å². The summed E-state index contributed by atoms with van der Waals surface area (Å²) in [6, 6.07) is 8.21. The zero-order chi connectivity index (χ0) is 11.4. The number of nitrogens with zero attached hydrogens (tertiary/aromatic N) is 1. The quantitative estimate of drug-likeness (QED) is 0.482. The average Bonchev–Trinajstić information content (AvgIpc) is 2.39. The maximum atomic E-state index is 5.39. The van der Waals surface area contributed by atoms with Crippen molar-refractivity contribution in [1.29, 1.82) is 0 Å². The van der Waals surface area contributed by atoms with Crippen molar-refractivity contribution in [1.82, 2.24) is 4.90 Å². The minimum absolute atomic E-state index is 0.359. The van der Waals surface area contributed by atoms with Crippen LogP contribution in [-0.2, 0) is 4.74 Å². The van der Waals surface area contributed by atoms with Gasteiger partial charge in [-0.05, 0) is 6.07 Å². The summed E-state index contributed by atoms with van der Waals surface area (Å²) in [6.45, 7) is 3.64. The highest BCUT2D eigenvalue weighted by atomic mass is 127. The van der Waals surface area contributed by atoms with Gasteiger partial charge in [-0.25, -0.2) is 0 Å². The van der Waals surface area contributed by atoms with E-state index in [1.807, 2.05) is 12.1 Å². The van der Waals surface area contributed by atoms with E-state index in [1.165, 1.54) is 5.56 Å². The molecule has 16 heavy (non-hydrogen) atoms. The van der Waals surface area contributed by atoms with Crippen molar-refractivity contribution in [2.75, 3.05) is 33.4 Å². The van der Waals surface area contributed by atoms with Crippen LogP contribution in [0.1, 0.15) is 9.61 Å². The number of para-hydroxylation sites is 1. The molecule has 4 heteroatoms. The van der Waals surface area contributed by atoms with Gasteiger partial charge in [0.1, 0.15) is 5.75 Å². The van der Waals surface area contributed by atoms with E-state index in [2.05, 4.69) is 39.6 Å². The summed E-state index contributed by atoms with van der Waals surface area (Å²) in [7, 11) is 1.72. The number of benzene rings is 1. The van der Waals surface area contributed by atoms with Crippen LogP contribution < -0.4 is 4.74 Å². The zero-order valence-electron chi connectivity index (χ0n) is 9.36. The van der Waals surface area contributed by atoms with Crippen LogP contribution in [0.2, 0.25) is 0 Å². The van der Waals surface area contributed by atoms with E-state index in [4.69, 9.17) is 9.47 Å². The lowest BCUT2D eigenvalue weighted by Gasteiger charge is -2.31. The second kappa shape index (κ2) is 5.84. The maximum absolute atomic E-state index is 5.39. The Kier molecular flexibility index (Phi) is 4.43. The van der Waals surface area contributed by atoms with Gasteiger partial charge in [0.15, 0.2) is 0 Å². The first-order chi connectivity index (χ1) is 7.83. The Hall–Kier alpha value is -0.330. The molecule has 0 bridgehead atoms. The molecule has 1 atom stereocenters. The fraction of sp³-hybridized carbons (Fsp3) is 0.500. The Labute approximate surface area is 110 Å². The molecule has 88 valence electrons. The predicted octanol–water partition coefficient (Wildman–Crippen LogP) is 2.46. The summed E-state index contributed by atoms with van der Waals surface area (Å²) >= 11 is 2.47. The number of alkyl halides is 1. The fourth-order valence-electron chi connectivity index (χ4n) is 1.86. The largest absolute Gasteiger partial charge is 0.496 e. The Morgan fingerprint density at radius 1 is 1.31 bits per heavy atom. The molecule has 1 aromatic carbocycles. The summed E-state index contributed by atoms with van der Waals surface area (Å²) in [4.78, 5) is 2.42. The Morgan fingerprint density at radius 2 is 2.00 bits per heavy atom. The highest BCUT2D eigenvalue weighted by Crippen LogP contribution is 2.34. The summed E-state index contributed by atoms with van der Waals surface area (Å²) in [5.74, 6) is 0.966. The minimum atomic E-state index is 0.359. The van der Waals surface area contributed by atoms with E-state index >= 15 is 0 Å². The lowest BCUT2D eigenvalue weighted by molar-refractivity contribution is 0.0347. The van der Waals surface area contributed by atoms with Gasteiger partial charge in [-0.1, -0.05) is 40.8 Å². The van der Waals surface area contributed by atoms with Crippen molar-refractivity contribution in [2.45, 2.75) is 4.05 Å². The van der Waals surface area contributed by atoms with Crippen LogP contribution in [0.15, 0.2) is 24.3 Å². The molecule has 0 aromatic heterocycles. The van der Waals surface area contributed by atoms with Crippen molar-refractivity contribution < 1.29 is 9.47 Å². The van der Waals surface area contributed by atoms with Crippen molar-refractivity contribution in [3.05, 3.63) is 29.8 Å². The van der Waals surface area contributed by atoms with Gasteiger partial charge in [0, 0.05) is 18.7 Å². The Balaban J connectivity index is 2.15. The van der Waals surface area contributed by atoms with Crippen LogP contribution in [0.3, 0.4) is 0 Å². The van der Waals surface area contributed by atoms with Gasteiger partial charge in [0.2, 0.25) is 0 Å². The summed E-state index contributed by atoms with van der Waals surface area (Å²) in [5, 5.41) is 0. The third kappa shape index (κ3) is 2.67. The minimum Gasteiger partial charge on any atom is -0.496 e. The SMILES string of the molecule is COc1ccccc1C(I)N1CCOCC1. The molecule has 1 fully saturated rings. The van der Waals surface area contributed by atoms with E-state index in [0.29, 0.717) is 4.05 Å². The molecule has 0 radical (unpaired) electrons. The summed E-state index contributed by atoms with van der Waals surface area (Å²) < 4.78 is 11.1. The first kappa shape index (κ1) is 12.1. The topological polar surface area (TPSA) is 21.7 Å². The van der Waals surface area contributed by atoms with Gasteiger partial charge in [-0.3, -0.25) is 4.90 Å². The first-order valence-electron chi connectivity index (χ1n) is 5.41. The summed E-state index contributed by atoms with van der Waals surface area (Å²) in [6.07, 6.45) is 0. The number of halogens is 1. The molecule has 1 unspecified atom stereocenters. The molecule has 1 aliphatic heterocycles. The monoisotopic (exact) mass is 333 g/mol. The lowest BCUT2D eigenvalue weighted by Crippen LogP contribution is -2.37. The molecular formula is C12H16INO2. The molecule has 1 heterocycles. The van der Waals surface area contributed by atoms with Gasteiger partial charge < -0.3 is 9.47 Å². The van der Waals surface area contributed by atoms with Crippen molar-refractivity contribution in [3.8, 4) is 5.75 Å². The van der Waals surface area contributed by atoms with E-state index in [0.717, 1.165) is 32.1 Å². The second-order valence-electron chi connectivity index (χ2n) is 3.73. The molecule has 1 saturated heterocycles. The van der Waals surface area contributed by atoms with Crippen LogP contribution in [0.5, 0.6) is 5.75 Å². The third-order valence-electron chi connectivity index (χ3n) is 2.76. The molecule has 3 nitrogen and oxygen atoms in total. The molecule has 0 spiro atoms. The number of rotatable bonds is 3. The summed E-state index contributed by atoms with van der Waals surface area (Å²) in [5.41, 5.74) is 1.24. The molecule has 0 aliphatic carbocycles. The van der Waals surface area contributed by atoms with Gasteiger partial charge in [-0.2, -0.15) is 0 Å². The third-order valence-corrected chi connectivity index (χ3v) is 4.22. The van der Waals surface area contributed by atoms with Crippen molar-refractivity contribution in [2.24, 2.45) is 0 Å². The van der Waals surface area contributed by atoms with E-state index in [-0.39, 0.29) is 0 Å². The van der Waals surface area contributed by atoms with Crippen molar-refractivity contribution >= 4 is 22.6 Å². The second-order valence-corrected chi connectivity index (χ2v) is 4.91. The van der Waals surface area contributed by atoms with Crippen LogP contribution in [0.25, 0.3) is 0 Å². The van der Waals surface area contributed by atoms with Crippen LogP contribution in [0.4, 0.5) is 0 Å². The van der Waals surface area contributed by atoms with Gasteiger partial charge in [0.25, 0.3) is 0 Å². The number of morpholine rings is 1. The number of methoxy groups -OCH3 is 1. The van der Waals surface area contributed by atoms with Crippen molar-refractivity contribution in [3.63, 3.8) is 0 Å². The van der Waals surface area contributed by atoms with Gasteiger partial charge in [-0.15, -0.1) is 0 Å². The number of hydrogen-bond donors (Lipinski definition) is 0. The van der Waals surface area contributed by atoms with Gasteiger partial charge in [0.05, 0.1) is 24.4 Å². The molecule has 1 aliphatic rings. The maximum Gasteiger partial charge on any atom is 0.124 e. The molecule has 0 saturated carbocycles. The fourth-order valence-corrected chi connectivity index (χ4v) is 2.94. The van der Waals surface area contributed by atoms with E-state index in [9.17, 15) is 0 Å². The highest BCUT2D eigenvalue weighted by Gasteiger charge is 2.22. The van der Waals surface area contributed by atoms with Crippen LogP contribution in [0, 0.1) is 0 Å². The lowest BCUT2D eigenvalue weighted by atomic mass is 10.2. The molecule has 0 N–H and O–H groups in total. The van der Waals surface area contributed by atoms with E-state index < -0.39 is 0 Å². The smallest absolute Gasteiger partial charge is 0.124 e. The predicted molar refractivity (Wildman–Crippen MR) is 72.1 cm³/mol. The Morgan fingerprint density at radius 3 is 2.69 bits per heavy atom. The Bertz CT molecular complexity index is 340. The van der Waals surface area contributed by atoms with Crippen LogP contribution in [-0.4, -0.2) is 38.3 Å². The van der Waals surface area contributed by atoms with E-state index in [1.54, 1.807) is 7.11 Å². The molecule has 2 rings (SSSR count). The standard InChI is InChI=1S/C12H16INO2/c1-15-11-5-3-2-4-10(11)12(13)14-6-8-16-9-7-14/h2-5,12H,6-9H2,1H3. The molecule has 0 amide bonds. The molecule has 1 aromatic rings.